The molecule has 1 amide bonds. The first-order valence-corrected chi connectivity index (χ1v) is 9.87. The molecule has 0 radical (unpaired) electrons. The van der Waals surface area contributed by atoms with Gasteiger partial charge in [-0.25, -0.2) is 0 Å². The number of amides is 1. The van der Waals surface area contributed by atoms with E-state index in [1.165, 1.54) is 19.4 Å². The molecular weight excluding hydrogens is 336 g/mol. The fraction of sp³-hybridized carbons (Fsp3) is 0.611. The van der Waals surface area contributed by atoms with Crippen molar-refractivity contribution >= 4 is 17.2 Å². The van der Waals surface area contributed by atoms with E-state index in [0.29, 0.717) is 36.5 Å². The first-order valence-electron chi connectivity index (χ1n) is 8.99. The topological polar surface area (TPSA) is 71.3 Å². The SMILES string of the molecule is CC(C)N1CCC[C@@H](CNC(=O)CCc2nc(-c3cccs3)no2)C1. The molecule has 1 N–H and O–H groups in total. The number of aryl methyl sites for hydroxylation is 1. The number of thiophene rings is 1. The Labute approximate surface area is 152 Å². The third-order valence-corrected chi connectivity index (χ3v) is 5.51. The molecule has 2 aromatic heterocycles. The highest BCUT2D eigenvalue weighted by Gasteiger charge is 2.22. The van der Waals surface area contributed by atoms with Crippen molar-refractivity contribution < 1.29 is 9.32 Å². The number of nitrogens with one attached hydrogen (secondary N) is 1. The molecule has 1 saturated heterocycles. The van der Waals surface area contributed by atoms with E-state index in [1.807, 2.05) is 17.5 Å². The second kappa shape index (κ2) is 8.58. The van der Waals surface area contributed by atoms with Crippen molar-refractivity contribution in [3.05, 3.63) is 23.4 Å². The third-order valence-electron chi connectivity index (χ3n) is 4.64. The molecule has 2 aromatic rings. The minimum Gasteiger partial charge on any atom is -0.356 e. The summed E-state index contributed by atoms with van der Waals surface area (Å²) >= 11 is 1.57. The van der Waals surface area contributed by atoms with E-state index >= 15 is 0 Å². The van der Waals surface area contributed by atoms with Crippen LogP contribution in [0.5, 0.6) is 0 Å². The van der Waals surface area contributed by atoms with Gasteiger partial charge in [0.05, 0.1) is 4.88 Å². The second-order valence-electron chi connectivity index (χ2n) is 6.89. The molecule has 1 fully saturated rings. The Morgan fingerprint density at radius 2 is 2.40 bits per heavy atom. The Morgan fingerprint density at radius 1 is 1.52 bits per heavy atom. The van der Waals surface area contributed by atoms with Crippen LogP contribution in [0.3, 0.4) is 0 Å². The molecule has 0 aliphatic carbocycles. The number of likely N-dealkylation sites (tertiary alicyclic amines) is 1. The normalized spacial score (nSPS) is 18.6. The zero-order chi connectivity index (χ0) is 17.6. The largest absolute Gasteiger partial charge is 0.356 e. The molecule has 136 valence electrons. The first-order chi connectivity index (χ1) is 12.1. The predicted molar refractivity (Wildman–Crippen MR) is 98.4 cm³/mol. The highest BCUT2D eigenvalue weighted by atomic mass is 32.1. The molecule has 3 rings (SSSR count). The number of piperidine rings is 1. The molecule has 1 aliphatic heterocycles. The van der Waals surface area contributed by atoms with Gasteiger partial charge in [-0.2, -0.15) is 4.98 Å². The quantitative estimate of drug-likeness (QED) is 0.820. The van der Waals surface area contributed by atoms with Gasteiger partial charge >= 0.3 is 0 Å². The molecule has 0 saturated carbocycles. The van der Waals surface area contributed by atoms with Crippen LogP contribution in [0.1, 0.15) is 39.0 Å². The van der Waals surface area contributed by atoms with Crippen LogP contribution in [0.15, 0.2) is 22.0 Å². The Balaban J connectivity index is 1.40. The van der Waals surface area contributed by atoms with E-state index in [0.717, 1.165) is 18.0 Å². The summed E-state index contributed by atoms with van der Waals surface area (Å²) in [5.74, 6) is 1.72. The van der Waals surface area contributed by atoms with Crippen LogP contribution in [-0.2, 0) is 11.2 Å². The maximum Gasteiger partial charge on any atom is 0.227 e. The van der Waals surface area contributed by atoms with Crippen molar-refractivity contribution in [2.75, 3.05) is 19.6 Å². The van der Waals surface area contributed by atoms with Gasteiger partial charge in [-0.05, 0) is 50.6 Å². The van der Waals surface area contributed by atoms with Gasteiger partial charge in [0.1, 0.15) is 0 Å². The minimum absolute atomic E-state index is 0.0533. The Bertz CT molecular complexity index is 668. The van der Waals surface area contributed by atoms with Crippen LogP contribution in [0, 0.1) is 5.92 Å². The third kappa shape index (κ3) is 5.12. The summed E-state index contributed by atoms with van der Waals surface area (Å²) in [5.41, 5.74) is 0. The van der Waals surface area contributed by atoms with Gasteiger partial charge in [-0.1, -0.05) is 11.2 Å². The van der Waals surface area contributed by atoms with Gasteiger partial charge in [0.25, 0.3) is 0 Å². The van der Waals surface area contributed by atoms with E-state index in [-0.39, 0.29) is 5.91 Å². The lowest BCUT2D eigenvalue weighted by Crippen LogP contribution is -2.43. The number of hydrogen-bond acceptors (Lipinski definition) is 6. The van der Waals surface area contributed by atoms with E-state index in [4.69, 9.17) is 4.52 Å². The van der Waals surface area contributed by atoms with E-state index in [9.17, 15) is 4.79 Å². The van der Waals surface area contributed by atoms with Gasteiger partial charge in [-0.3, -0.25) is 4.79 Å². The summed E-state index contributed by atoms with van der Waals surface area (Å²) in [5, 5.41) is 9.01. The van der Waals surface area contributed by atoms with Gasteiger partial charge in [0, 0.05) is 32.0 Å². The smallest absolute Gasteiger partial charge is 0.227 e. The molecule has 0 spiro atoms. The lowest BCUT2D eigenvalue weighted by molar-refractivity contribution is -0.121. The molecule has 0 aromatic carbocycles. The number of carbonyl (C=O) groups excluding carboxylic acids is 1. The van der Waals surface area contributed by atoms with E-state index in [1.54, 1.807) is 11.3 Å². The zero-order valence-corrected chi connectivity index (χ0v) is 15.7. The van der Waals surface area contributed by atoms with Crippen molar-refractivity contribution in [2.24, 2.45) is 5.92 Å². The monoisotopic (exact) mass is 362 g/mol. The van der Waals surface area contributed by atoms with Crippen LogP contribution in [0.2, 0.25) is 0 Å². The number of aromatic nitrogens is 2. The summed E-state index contributed by atoms with van der Waals surface area (Å²) in [6.07, 6.45) is 3.27. The molecule has 0 unspecified atom stereocenters. The molecule has 3 heterocycles. The lowest BCUT2D eigenvalue weighted by atomic mass is 9.97. The van der Waals surface area contributed by atoms with Crippen molar-refractivity contribution in [1.82, 2.24) is 20.4 Å². The van der Waals surface area contributed by atoms with Gasteiger partial charge in [0.2, 0.25) is 17.6 Å². The maximum atomic E-state index is 12.1. The van der Waals surface area contributed by atoms with E-state index < -0.39 is 0 Å². The number of hydrogen-bond donors (Lipinski definition) is 1. The highest BCUT2D eigenvalue weighted by molar-refractivity contribution is 7.13. The average molecular weight is 362 g/mol. The van der Waals surface area contributed by atoms with Crippen molar-refractivity contribution in [2.45, 2.75) is 45.6 Å². The fourth-order valence-corrected chi connectivity index (χ4v) is 3.81. The summed E-state index contributed by atoms with van der Waals surface area (Å²) in [6.45, 7) is 7.47. The fourth-order valence-electron chi connectivity index (χ4n) is 3.16. The minimum atomic E-state index is 0.0533. The molecule has 7 heteroatoms. The van der Waals surface area contributed by atoms with Crippen molar-refractivity contribution in [3.8, 4) is 10.7 Å². The Hall–Kier alpha value is -1.73. The summed E-state index contributed by atoms with van der Waals surface area (Å²) in [4.78, 5) is 19.9. The lowest BCUT2D eigenvalue weighted by Gasteiger charge is -2.35. The van der Waals surface area contributed by atoms with Crippen LogP contribution in [-0.4, -0.2) is 46.6 Å². The summed E-state index contributed by atoms with van der Waals surface area (Å²) in [6, 6.07) is 4.49. The molecule has 25 heavy (non-hydrogen) atoms. The molecule has 1 aliphatic rings. The number of nitrogens with zero attached hydrogens (tertiary/aromatic N) is 3. The first kappa shape index (κ1) is 18.1. The van der Waals surface area contributed by atoms with Crippen molar-refractivity contribution in [1.29, 1.82) is 0 Å². The molecule has 1 atom stereocenters. The Morgan fingerprint density at radius 3 is 3.16 bits per heavy atom. The van der Waals surface area contributed by atoms with Crippen molar-refractivity contribution in [3.63, 3.8) is 0 Å². The standard InChI is InChI=1S/C18H26N4O2S/c1-13(2)22-9-3-5-14(12-22)11-19-16(23)7-8-17-20-18(21-24-17)15-6-4-10-25-15/h4,6,10,13-14H,3,5,7-9,11-12H2,1-2H3,(H,19,23)/t14-/m0/s1. The summed E-state index contributed by atoms with van der Waals surface area (Å²) < 4.78 is 5.23. The van der Waals surface area contributed by atoms with Crippen LogP contribution < -0.4 is 5.32 Å². The average Bonchev–Trinajstić information content (AvgIpc) is 3.29. The molecule has 0 bridgehead atoms. The maximum absolute atomic E-state index is 12.1. The Kier molecular flexibility index (Phi) is 6.20. The van der Waals surface area contributed by atoms with Gasteiger partial charge in [-0.15, -0.1) is 11.3 Å². The molecule has 6 nitrogen and oxygen atoms in total. The van der Waals surface area contributed by atoms with Crippen LogP contribution in [0.4, 0.5) is 0 Å². The van der Waals surface area contributed by atoms with Gasteiger partial charge < -0.3 is 14.7 Å². The summed E-state index contributed by atoms with van der Waals surface area (Å²) in [7, 11) is 0. The number of carbonyl (C=O) groups is 1. The van der Waals surface area contributed by atoms with E-state index in [2.05, 4.69) is 34.2 Å². The zero-order valence-electron chi connectivity index (χ0n) is 14.9. The molecular formula is C18H26N4O2S. The second-order valence-corrected chi connectivity index (χ2v) is 7.84. The van der Waals surface area contributed by atoms with Crippen LogP contribution >= 0.6 is 11.3 Å². The van der Waals surface area contributed by atoms with Crippen LogP contribution in [0.25, 0.3) is 10.7 Å². The van der Waals surface area contributed by atoms with Gasteiger partial charge in [0.15, 0.2) is 0 Å². The predicted octanol–water partition coefficient (Wildman–Crippen LogP) is 2.97. The highest BCUT2D eigenvalue weighted by Crippen LogP contribution is 2.21. The number of rotatable bonds is 7.